The molecule has 0 saturated carbocycles. The number of hydrogen-bond donors (Lipinski definition) is 2. The first kappa shape index (κ1) is 25.9. The van der Waals surface area contributed by atoms with Crippen LogP contribution in [0.1, 0.15) is 59.1 Å². The van der Waals surface area contributed by atoms with E-state index in [1.807, 2.05) is 32.0 Å². The number of benzene rings is 1. The molecule has 1 aliphatic carbocycles. The molecule has 2 aromatic rings. The van der Waals surface area contributed by atoms with Gasteiger partial charge in [-0.2, -0.15) is 0 Å². The zero-order valence-electron chi connectivity index (χ0n) is 20.9. The van der Waals surface area contributed by atoms with Crippen molar-refractivity contribution in [1.29, 1.82) is 0 Å². The van der Waals surface area contributed by atoms with E-state index in [-0.39, 0.29) is 25.0 Å². The Morgan fingerprint density at radius 2 is 1.97 bits per heavy atom. The summed E-state index contributed by atoms with van der Waals surface area (Å²) < 4.78 is 5.29. The van der Waals surface area contributed by atoms with Crippen molar-refractivity contribution in [3.8, 4) is 0 Å². The van der Waals surface area contributed by atoms with Crippen LogP contribution in [-0.2, 0) is 27.2 Å². The zero-order chi connectivity index (χ0) is 25.0. The van der Waals surface area contributed by atoms with Crippen molar-refractivity contribution in [3.63, 3.8) is 0 Å². The molecule has 1 aliphatic rings. The zero-order valence-corrected chi connectivity index (χ0v) is 21.7. The van der Waals surface area contributed by atoms with Gasteiger partial charge in [-0.15, -0.1) is 11.3 Å². The van der Waals surface area contributed by atoms with Gasteiger partial charge in [0.15, 0.2) is 0 Å². The average Bonchev–Trinajstić information content (AvgIpc) is 3.12. The predicted octanol–water partition coefficient (Wildman–Crippen LogP) is 4.56. The predicted molar refractivity (Wildman–Crippen MR) is 137 cm³/mol. The number of fused-ring (bicyclic) bond motifs is 1. The normalized spacial score (nSPS) is 16.0. The number of hydrogen-bond acceptors (Lipinski definition) is 6. The molecule has 0 radical (unpaired) electrons. The van der Waals surface area contributed by atoms with Crippen LogP contribution in [0.3, 0.4) is 0 Å². The van der Waals surface area contributed by atoms with E-state index < -0.39 is 12.0 Å². The third-order valence-electron chi connectivity index (χ3n) is 6.33. The molecule has 8 heteroatoms. The standard InChI is InChI=1S/C26H35N3O4S/c1-7-33-26(32)23-19-11-9-16(3)13-21(19)34-25(23)28-24(31)18(5)29(6)14-22(30)27-20-12-15(2)8-10-17(20)4/h8,10,12,16,18H,7,9,11,13-14H2,1-6H3,(H,27,30)(H,28,31)/t16-,18+/m0/s1. The van der Waals surface area contributed by atoms with Gasteiger partial charge in [-0.1, -0.05) is 19.1 Å². The Morgan fingerprint density at radius 1 is 1.24 bits per heavy atom. The van der Waals surface area contributed by atoms with E-state index in [1.165, 1.54) is 11.3 Å². The van der Waals surface area contributed by atoms with Crippen molar-refractivity contribution in [2.24, 2.45) is 5.92 Å². The number of amides is 2. The fraction of sp³-hybridized carbons (Fsp3) is 0.500. The Balaban J connectivity index is 1.69. The SMILES string of the molecule is CCOC(=O)c1c(NC(=O)[C@@H](C)N(C)CC(=O)Nc2cc(C)ccc2C)sc2c1CC[C@H](C)C2. The molecule has 1 aromatic heterocycles. The second kappa shape index (κ2) is 11.1. The molecule has 0 aliphatic heterocycles. The molecule has 34 heavy (non-hydrogen) atoms. The molecule has 0 spiro atoms. The summed E-state index contributed by atoms with van der Waals surface area (Å²) in [7, 11) is 1.74. The number of anilines is 2. The van der Waals surface area contributed by atoms with Gasteiger partial charge >= 0.3 is 5.97 Å². The molecule has 1 aromatic carbocycles. The van der Waals surface area contributed by atoms with Crippen molar-refractivity contribution >= 4 is 39.8 Å². The number of carbonyl (C=O) groups excluding carboxylic acids is 3. The first-order valence-electron chi connectivity index (χ1n) is 11.8. The van der Waals surface area contributed by atoms with Gasteiger partial charge in [-0.25, -0.2) is 4.79 Å². The van der Waals surface area contributed by atoms with Gasteiger partial charge in [-0.3, -0.25) is 14.5 Å². The number of thiophene rings is 1. The minimum Gasteiger partial charge on any atom is -0.462 e. The highest BCUT2D eigenvalue weighted by atomic mass is 32.1. The highest BCUT2D eigenvalue weighted by Gasteiger charge is 2.30. The molecule has 2 amide bonds. The Hall–Kier alpha value is -2.71. The van der Waals surface area contributed by atoms with Crippen molar-refractivity contribution < 1.29 is 19.1 Å². The van der Waals surface area contributed by atoms with E-state index in [9.17, 15) is 14.4 Å². The number of esters is 1. The molecule has 0 unspecified atom stereocenters. The van der Waals surface area contributed by atoms with Gasteiger partial charge < -0.3 is 15.4 Å². The van der Waals surface area contributed by atoms with E-state index in [4.69, 9.17) is 4.74 Å². The lowest BCUT2D eigenvalue weighted by atomic mass is 9.88. The Kier molecular flexibility index (Phi) is 8.49. The first-order chi connectivity index (χ1) is 16.1. The largest absolute Gasteiger partial charge is 0.462 e. The van der Waals surface area contributed by atoms with Gasteiger partial charge in [0, 0.05) is 10.6 Å². The first-order valence-corrected chi connectivity index (χ1v) is 12.6. The van der Waals surface area contributed by atoms with Crippen LogP contribution in [0.15, 0.2) is 18.2 Å². The molecular weight excluding hydrogens is 450 g/mol. The number of carbonyl (C=O) groups is 3. The van der Waals surface area contributed by atoms with Crippen molar-refractivity contribution in [2.45, 2.75) is 59.9 Å². The van der Waals surface area contributed by atoms with Crippen LogP contribution in [-0.4, -0.2) is 48.9 Å². The Labute approximate surface area is 205 Å². The maximum absolute atomic E-state index is 13.1. The second-order valence-electron chi connectivity index (χ2n) is 9.22. The maximum Gasteiger partial charge on any atom is 0.341 e. The highest BCUT2D eigenvalue weighted by Crippen LogP contribution is 2.40. The quantitative estimate of drug-likeness (QED) is 0.535. The maximum atomic E-state index is 13.1. The number of aryl methyl sites for hydroxylation is 2. The molecule has 184 valence electrons. The summed E-state index contributed by atoms with van der Waals surface area (Å²) in [6.45, 7) is 9.98. The summed E-state index contributed by atoms with van der Waals surface area (Å²) in [5, 5.41) is 6.42. The third-order valence-corrected chi connectivity index (χ3v) is 7.50. The summed E-state index contributed by atoms with van der Waals surface area (Å²) in [4.78, 5) is 41.2. The summed E-state index contributed by atoms with van der Waals surface area (Å²) in [5.41, 5.74) is 4.31. The van der Waals surface area contributed by atoms with E-state index in [0.29, 0.717) is 16.5 Å². The molecule has 0 bridgehead atoms. The lowest BCUT2D eigenvalue weighted by Crippen LogP contribution is -2.43. The van der Waals surface area contributed by atoms with Gasteiger partial charge in [0.2, 0.25) is 11.8 Å². The summed E-state index contributed by atoms with van der Waals surface area (Å²) in [5.74, 6) is -0.299. The number of ether oxygens (including phenoxy) is 1. The smallest absolute Gasteiger partial charge is 0.341 e. The molecule has 0 saturated heterocycles. The molecule has 7 nitrogen and oxygen atoms in total. The molecule has 0 fully saturated rings. The van der Waals surface area contributed by atoms with E-state index in [0.717, 1.165) is 46.5 Å². The van der Waals surface area contributed by atoms with Crippen LogP contribution >= 0.6 is 11.3 Å². The van der Waals surface area contributed by atoms with Crippen LogP contribution in [0.2, 0.25) is 0 Å². The van der Waals surface area contributed by atoms with Crippen LogP contribution in [0, 0.1) is 19.8 Å². The van der Waals surface area contributed by atoms with E-state index >= 15 is 0 Å². The fourth-order valence-electron chi connectivity index (χ4n) is 4.10. The summed E-state index contributed by atoms with van der Waals surface area (Å²) >= 11 is 1.47. The molecule has 2 N–H and O–H groups in total. The van der Waals surface area contributed by atoms with Crippen LogP contribution < -0.4 is 10.6 Å². The molecule has 1 heterocycles. The van der Waals surface area contributed by atoms with Crippen LogP contribution in [0.5, 0.6) is 0 Å². The minimum atomic E-state index is -0.572. The molecular formula is C26H35N3O4S. The summed E-state index contributed by atoms with van der Waals surface area (Å²) in [6.07, 6.45) is 2.72. The van der Waals surface area contributed by atoms with Crippen molar-refractivity contribution in [3.05, 3.63) is 45.3 Å². The number of likely N-dealkylation sites (N-methyl/N-ethyl adjacent to an activating group) is 1. The van der Waals surface area contributed by atoms with Gasteiger partial charge in [-0.05, 0) is 82.7 Å². The van der Waals surface area contributed by atoms with Crippen molar-refractivity contribution in [1.82, 2.24) is 4.90 Å². The Bertz CT molecular complexity index is 1080. The molecule has 3 rings (SSSR count). The third kappa shape index (κ3) is 6.04. The fourth-order valence-corrected chi connectivity index (χ4v) is 5.50. The lowest BCUT2D eigenvalue weighted by Gasteiger charge is -2.23. The van der Waals surface area contributed by atoms with Gasteiger partial charge in [0.25, 0.3) is 0 Å². The second-order valence-corrected chi connectivity index (χ2v) is 10.3. The average molecular weight is 486 g/mol. The van der Waals surface area contributed by atoms with Crippen LogP contribution in [0.25, 0.3) is 0 Å². The number of nitrogens with one attached hydrogen (secondary N) is 2. The minimum absolute atomic E-state index is 0.0607. The van der Waals surface area contributed by atoms with E-state index in [2.05, 4.69) is 17.6 Å². The van der Waals surface area contributed by atoms with E-state index in [1.54, 1.807) is 25.8 Å². The lowest BCUT2D eigenvalue weighted by molar-refractivity contribution is -0.122. The van der Waals surface area contributed by atoms with Gasteiger partial charge in [0.1, 0.15) is 5.00 Å². The molecule has 2 atom stereocenters. The monoisotopic (exact) mass is 485 g/mol. The highest BCUT2D eigenvalue weighted by molar-refractivity contribution is 7.17. The number of rotatable bonds is 8. The Morgan fingerprint density at radius 3 is 2.68 bits per heavy atom. The van der Waals surface area contributed by atoms with Crippen LogP contribution in [0.4, 0.5) is 10.7 Å². The number of nitrogens with zero attached hydrogens (tertiary/aromatic N) is 1. The topological polar surface area (TPSA) is 87.7 Å². The van der Waals surface area contributed by atoms with Crippen molar-refractivity contribution in [2.75, 3.05) is 30.8 Å². The van der Waals surface area contributed by atoms with Gasteiger partial charge in [0.05, 0.1) is 24.8 Å². The summed E-state index contributed by atoms with van der Waals surface area (Å²) in [6, 6.07) is 5.32.